The summed E-state index contributed by atoms with van der Waals surface area (Å²) in [7, 11) is 0. The number of nitrogens with zero attached hydrogens (tertiary/aromatic N) is 2. The van der Waals surface area contributed by atoms with Gasteiger partial charge in [0, 0.05) is 30.4 Å². The summed E-state index contributed by atoms with van der Waals surface area (Å²) in [5, 5.41) is 9.21. The van der Waals surface area contributed by atoms with E-state index in [1.165, 1.54) is 12.4 Å². The minimum atomic E-state index is -1.07. The van der Waals surface area contributed by atoms with Crippen LogP contribution in [-0.2, 0) is 0 Å². The average molecular weight is 235 g/mol. The molecule has 0 saturated heterocycles. The van der Waals surface area contributed by atoms with Crippen LogP contribution in [0.15, 0.2) is 36.9 Å². The highest BCUT2D eigenvalue weighted by atomic mass is 35.5. The molecular weight excluding hydrogens is 228 g/mol. The first-order chi connectivity index (χ1) is 7.70. The van der Waals surface area contributed by atoms with E-state index in [-0.39, 0.29) is 10.6 Å². The molecule has 0 aliphatic heterocycles. The lowest BCUT2D eigenvalue weighted by Gasteiger charge is -2.06. The van der Waals surface area contributed by atoms with Crippen molar-refractivity contribution in [1.29, 1.82) is 0 Å². The monoisotopic (exact) mass is 234 g/mol. The Hall–Kier alpha value is -1.94. The van der Waals surface area contributed by atoms with Gasteiger partial charge >= 0.3 is 5.97 Å². The van der Waals surface area contributed by atoms with Gasteiger partial charge in [-0.15, -0.1) is 0 Å². The van der Waals surface area contributed by atoms with Crippen LogP contribution in [0.1, 0.15) is 10.4 Å². The Morgan fingerprint density at radius 2 is 1.88 bits per heavy atom. The first-order valence-electron chi connectivity index (χ1n) is 4.47. The Morgan fingerprint density at radius 1 is 1.19 bits per heavy atom. The third-order valence-corrected chi connectivity index (χ3v) is 2.39. The minimum Gasteiger partial charge on any atom is -0.478 e. The van der Waals surface area contributed by atoms with Crippen LogP contribution in [0.25, 0.3) is 11.1 Å². The summed E-state index contributed by atoms with van der Waals surface area (Å²) in [6.45, 7) is 0. The normalized spacial score (nSPS) is 10.1. The molecule has 2 aromatic heterocycles. The van der Waals surface area contributed by atoms with Crippen molar-refractivity contribution < 1.29 is 9.90 Å². The third-order valence-electron chi connectivity index (χ3n) is 2.10. The lowest BCUT2D eigenvalue weighted by Crippen LogP contribution is -2.01. The van der Waals surface area contributed by atoms with E-state index >= 15 is 0 Å². The maximum atomic E-state index is 11.1. The van der Waals surface area contributed by atoms with E-state index in [4.69, 9.17) is 16.7 Å². The largest absolute Gasteiger partial charge is 0.478 e. The summed E-state index contributed by atoms with van der Waals surface area (Å²) >= 11 is 5.82. The molecule has 4 nitrogen and oxygen atoms in total. The first kappa shape index (κ1) is 10.6. The number of hydrogen-bond acceptors (Lipinski definition) is 3. The molecule has 0 atom stereocenters. The van der Waals surface area contributed by atoms with E-state index in [1.807, 2.05) is 0 Å². The maximum Gasteiger partial charge on any atom is 0.337 e. The van der Waals surface area contributed by atoms with E-state index in [2.05, 4.69) is 9.97 Å². The van der Waals surface area contributed by atoms with Crippen LogP contribution in [0, 0.1) is 0 Å². The van der Waals surface area contributed by atoms with E-state index in [0.29, 0.717) is 5.56 Å². The number of rotatable bonds is 2. The fourth-order valence-electron chi connectivity index (χ4n) is 1.40. The Bertz CT molecular complexity index is 529. The van der Waals surface area contributed by atoms with Gasteiger partial charge < -0.3 is 5.11 Å². The van der Waals surface area contributed by atoms with Crippen molar-refractivity contribution in [1.82, 2.24) is 9.97 Å². The SMILES string of the molecule is O=C(O)c1c(Cl)cncc1-c1ccncc1. The number of aromatic nitrogens is 2. The number of hydrogen-bond donors (Lipinski definition) is 1. The number of halogens is 1. The number of carboxylic acid groups (broad SMARTS) is 1. The van der Waals surface area contributed by atoms with Crippen LogP contribution in [-0.4, -0.2) is 21.0 Å². The lowest BCUT2D eigenvalue weighted by molar-refractivity contribution is 0.0698. The quantitative estimate of drug-likeness (QED) is 0.867. The Balaban J connectivity index is 2.66. The van der Waals surface area contributed by atoms with Crippen molar-refractivity contribution in [2.75, 3.05) is 0 Å². The highest BCUT2D eigenvalue weighted by Gasteiger charge is 2.15. The van der Waals surface area contributed by atoms with Crippen molar-refractivity contribution in [2.24, 2.45) is 0 Å². The molecule has 0 amide bonds. The van der Waals surface area contributed by atoms with Crippen LogP contribution >= 0.6 is 11.6 Å². The van der Waals surface area contributed by atoms with Gasteiger partial charge in [-0.05, 0) is 17.7 Å². The molecule has 1 N–H and O–H groups in total. The summed E-state index contributed by atoms with van der Waals surface area (Å²) in [4.78, 5) is 18.8. The smallest absolute Gasteiger partial charge is 0.337 e. The molecule has 5 heteroatoms. The predicted octanol–water partition coefficient (Wildman–Crippen LogP) is 2.50. The molecule has 0 aliphatic carbocycles. The second-order valence-electron chi connectivity index (χ2n) is 3.08. The van der Waals surface area contributed by atoms with Gasteiger partial charge in [0.2, 0.25) is 0 Å². The van der Waals surface area contributed by atoms with Crippen molar-refractivity contribution >= 4 is 17.6 Å². The van der Waals surface area contributed by atoms with Crippen molar-refractivity contribution in [3.63, 3.8) is 0 Å². The third kappa shape index (κ3) is 1.87. The van der Waals surface area contributed by atoms with Gasteiger partial charge in [-0.25, -0.2) is 4.79 Å². The van der Waals surface area contributed by atoms with Crippen LogP contribution in [0.4, 0.5) is 0 Å². The molecular formula is C11H7ClN2O2. The Morgan fingerprint density at radius 3 is 2.50 bits per heavy atom. The molecule has 0 fully saturated rings. The fourth-order valence-corrected chi connectivity index (χ4v) is 1.64. The zero-order chi connectivity index (χ0) is 11.5. The second kappa shape index (κ2) is 4.28. The van der Waals surface area contributed by atoms with Gasteiger partial charge in [0.05, 0.1) is 10.6 Å². The molecule has 2 aromatic rings. The topological polar surface area (TPSA) is 63.1 Å². The predicted molar refractivity (Wildman–Crippen MR) is 59.4 cm³/mol. The zero-order valence-electron chi connectivity index (χ0n) is 8.09. The summed E-state index contributed by atoms with van der Waals surface area (Å²) in [6, 6.07) is 3.42. The number of pyridine rings is 2. The maximum absolute atomic E-state index is 11.1. The van der Waals surface area contributed by atoms with E-state index in [9.17, 15) is 4.79 Å². The van der Waals surface area contributed by atoms with Crippen molar-refractivity contribution in [3.05, 3.63) is 47.5 Å². The van der Waals surface area contributed by atoms with Gasteiger partial charge in [0.15, 0.2) is 0 Å². The standard InChI is InChI=1S/C11H7ClN2O2/c12-9-6-14-5-8(10(9)11(15)16)7-1-3-13-4-2-7/h1-6H,(H,15,16). The molecule has 0 aromatic carbocycles. The summed E-state index contributed by atoms with van der Waals surface area (Å²) in [5.74, 6) is -1.07. The molecule has 0 bridgehead atoms. The van der Waals surface area contributed by atoms with E-state index in [1.54, 1.807) is 24.5 Å². The van der Waals surface area contributed by atoms with Crippen LogP contribution in [0.5, 0.6) is 0 Å². The Kier molecular flexibility index (Phi) is 2.83. The molecule has 16 heavy (non-hydrogen) atoms. The first-order valence-corrected chi connectivity index (χ1v) is 4.85. The van der Waals surface area contributed by atoms with Gasteiger partial charge in [-0.3, -0.25) is 9.97 Å². The number of aromatic carboxylic acids is 1. The highest BCUT2D eigenvalue weighted by molar-refractivity contribution is 6.34. The molecule has 0 saturated carbocycles. The summed E-state index contributed by atoms with van der Waals surface area (Å²) in [6.07, 6.45) is 5.96. The molecule has 80 valence electrons. The Labute approximate surface area is 96.6 Å². The minimum absolute atomic E-state index is 0.0582. The molecule has 0 unspecified atom stereocenters. The zero-order valence-corrected chi connectivity index (χ0v) is 8.85. The highest BCUT2D eigenvalue weighted by Crippen LogP contribution is 2.27. The summed E-state index contributed by atoms with van der Waals surface area (Å²) < 4.78 is 0. The van der Waals surface area contributed by atoms with Gasteiger partial charge in [0.1, 0.15) is 0 Å². The van der Waals surface area contributed by atoms with Gasteiger partial charge in [-0.2, -0.15) is 0 Å². The fraction of sp³-hybridized carbons (Fsp3) is 0. The number of carboxylic acids is 1. The average Bonchev–Trinajstić information content (AvgIpc) is 2.29. The van der Waals surface area contributed by atoms with E-state index < -0.39 is 5.97 Å². The number of carbonyl (C=O) groups is 1. The van der Waals surface area contributed by atoms with Crippen LogP contribution in [0.3, 0.4) is 0 Å². The second-order valence-corrected chi connectivity index (χ2v) is 3.49. The van der Waals surface area contributed by atoms with Gasteiger partial charge in [-0.1, -0.05) is 11.6 Å². The van der Waals surface area contributed by atoms with Crippen molar-refractivity contribution in [3.8, 4) is 11.1 Å². The molecule has 0 radical (unpaired) electrons. The molecule has 0 spiro atoms. The lowest BCUT2D eigenvalue weighted by atomic mass is 10.0. The van der Waals surface area contributed by atoms with E-state index in [0.717, 1.165) is 5.56 Å². The molecule has 0 aliphatic rings. The van der Waals surface area contributed by atoms with Crippen LogP contribution < -0.4 is 0 Å². The van der Waals surface area contributed by atoms with Gasteiger partial charge in [0.25, 0.3) is 0 Å². The summed E-state index contributed by atoms with van der Waals surface area (Å²) in [5.41, 5.74) is 1.27. The van der Waals surface area contributed by atoms with Crippen LogP contribution in [0.2, 0.25) is 5.02 Å². The molecule has 2 rings (SSSR count). The van der Waals surface area contributed by atoms with Crippen molar-refractivity contribution in [2.45, 2.75) is 0 Å². The molecule has 2 heterocycles.